The maximum Gasteiger partial charge on any atom is 0.445 e. The van der Waals surface area contributed by atoms with Crippen LogP contribution in [0.5, 0.6) is 0 Å². The Labute approximate surface area is 92.9 Å². The van der Waals surface area contributed by atoms with Crippen molar-refractivity contribution in [3.8, 4) is 0 Å². The van der Waals surface area contributed by atoms with Gasteiger partial charge in [0, 0.05) is 6.42 Å². The van der Waals surface area contributed by atoms with Crippen molar-refractivity contribution in [2.45, 2.75) is 19.0 Å². The molecular formula is C7H9F3N4OS. The molecule has 0 atom stereocenters. The molecule has 9 heteroatoms. The Hall–Kier alpha value is -1.22. The summed E-state index contributed by atoms with van der Waals surface area (Å²) in [7, 11) is 0. The minimum atomic E-state index is -4.53. The number of hydrogen-bond acceptors (Lipinski definition) is 5. The predicted octanol–water partition coefficient (Wildman–Crippen LogP) is 1.23. The zero-order valence-corrected chi connectivity index (χ0v) is 8.86. The molecule has 90 valence electrons. The summed E-state index contributed by atoms with van der Waals surface area (Å²) >= 11 is 0.291. The highest BCUT2D eigenvalue weighted by Gasteiger charge is 2.35. The molecule has 1 rings (SSSR count). The van der Waals surface area contributed by atoms with E-state index in [9.17, 15) is 18.0 Å². The van der Waals surface area contributed by atoms with Crippen molar-refractivity contribution in [3.05, 3.63) is 5.01 Å². The highest BCUT2D eigenvalue weighted by Crippen LogP contribution is 2.32. The van der Waals surface area contributed by atoms with Crippen molar-refractivity contribution >= 4 is 22.4 Å². The first kappa shape index (κ1) is 12.8. The SMILES string of the molecule is NCCCC(=O)Nc1nnc(C(F)(F)F)s1. The van der Waals surface area contributed by atoms with Crippen LogP contribution in [0.25, 0.3) is 0 Å². The summed E-state index contributed by atoms with van der Waals surface area (Å²) in [5, 5.41) is 7.12. The molecule has 0 saturated heterocycles. The zero-order chi connectivity index (χ0) is 12.2. The van der Waals surface area contributed by atoms with Crippen molar-refractivity contribution in [2.75, 3.05) is 11.9 Å². The number of nitrogens with zero attached hydrogens (tertiary/aromatic N) is 2. The summed E-state index contributed by atoms with van der Waals surface area (Å²) in [5.74, 6) is -0.421. The Balaban J connectivity index is 2.56. The molecule has 0 spiro atoms. The van der Waals surface area contributed by atoms with Gasteiger partial charge in [-0.2, -0.15) is 13.2 Å². The number of hydrogen-bond donors (Lipinski definition) is 2. The van der Waals surface area contributed by atoms with Crippen LogP contribution in [0.4, 0.5) is 18.3 Å². The van der Waals surface area contributed by atoms with E-state index in [1.165, 1.54) is 0 Å². The van der Waals surface area contributed by atoms with Crippen molar-refractivity contribution in [1.29, 1.82) is 0 Å². The Morgan fingerprint density at radius 3 is 2.62 bits per heavy atom. The van der Waals surface area contributed by atoms with Crippen molar-refractivity contribution in [1.82, 2.24) is 10.2 Å². The highest BCUT2D eigenvalue weighted by molar-refractivity contribution is 7.15. The van der Waals surface area contributed by atoms with Crippen LogP contribution in [0.3, 0.4) is 0 Å². The number of amides is 1. The normalized spacial score (nSPS) is 11.5. The Bertz CT molecular complexity index is 365. The first-order valence-corrected chi connectivity index (χ1v) is 5.15. The fraction of sp³-hybridized carbons (Fsp3) is 0.571. The summed E-state index contributed by atoms with van der Waals surface area (Å²) in [5.41, 5.74) is 5.18. The van der Waals surface area contributed by atoms with Crippen LogP contribution in [-0.2, 0) is 11.0 Å². The van der Waals surface area contributed by atoms with Gasteiger partial charge < -0.3 is 11.1 Å². The summed E-state index contributed by atoms with van der Waals surface area (Å²) < 4.78 is 36.4. The molecule has 1 heterocycles. The van der Waals surface area contributed by atoms with Gasteiger partial charge in [0.15, 0.2) is 0 Å². The van der Waals surface area contributed by atoms with Crippen LogP contribution in [-0.4, -0.2) is 22.6 Å². The number of nitrogens with two attached hydrogens (primary N) is 1. The molecule has 5 nitrogen and oxygen atoms in total. The molecule has 0 aliphatic heterocycles. The molecule has 0 aliphatic rings. The van der Waals surface area contributed by atoms with E-state index < -0.39 is 17.1 Å². The number of carbonyl (C=O) groups is 1. The maximum atomic E-state index is 12.1. The van der Waals surface area contributed by atoms with Crippen LogP contribution >= 0.6 is 11.3 Å². The van der Waals surface area contributed by atoms with Crippen molar-refractivity contribution in [2.24, 2.45) is 5.73 Å². The van der Waals surface area contributed by atoms with E-state index in [0.29, 0.717) is 24.3 Å². The first-order valence-electron chi connectivity index (χ1n) is 4.34. The van der Waals surface area contributed by atoms with E-state index in [-0.39, 0.29) is 11.6 Å². The second kappa shape index (κ2) is 5.21. The fourth-order valence-electron chi connectivity index (χ4n) is 0.833. The molecule has 1 amide bonds. The van der Waals surface area contributed by atoms with Crippen LogP contribution in [0.1, 0.15) is 17.8 Å². The fourth-order valence-corrected chi connectivity index (χ4v) is 1.46. The summed E-state index contributed by atoms with van der Waals surface area (Å²) in [4.78, 5) is 11.1. The number of alkyl halides is 3. The van der Waals surface area contributed by atoms with E-state index in [2.05, 4.69) is 15.5 Å². The quantitative estimate of drug-likeness (QED) is 0.846. The number of aromatic nitrogens is 2. The lowest BCUT2D eigenvalue weighted by molar-refractivity contribution is -0.138. The van der Waals surface area contributed by atoms with E-state index in [1.54, 1.807) is 0 Å². The van der Waals surface area contributed by atoms with Gasteiger partial charge in [0.2, 0.25) is 16.0 Å². The van der Waals surface area contributed by atoms with Gasteiger partial charge in [-0.3, -0.25) is 4.79 Å². The third-order valence-corrected chi connectivity index (χ3v) is 2.41. The van der Waals surface area contributed by atoms with Gasteiger partial charge in [-0.05, 0) is 13.0 Å². The minimum Gasteiger partial charge on any atom is -0.330 e. The number of nitrogens with one attached hydrogen (secondary N) is 1. The Morgan fingerprint density at radius 1 is 1.44 bits per heavy atom. The standard InChI is InChI=1S/C7H9F3N4OS/c8-7(9,10)5-13-14-6(16-5)12-4(15)2-1-3-11/h1-3,11H2,(H,12,14,15). The maximum absolute atomic E-state index is 12.1. The lowest BCUT2D eigenvalue weighted by Gasteiger charge is -1.99. The number of halogens is 3. The molecule has 0 aliphatic carbocycles. The van der Waals surface area contributed by atoms with Gasteiger partial charge >= 0.3 is 6.18 Å². The smallest absolute Gasteiger partial charge is 0.330 e. The molecule has 0 unspecified atom stereocenters. The van der Waals surface area contributed by atoms with Gasteiger partial charge in [-0.1, -0.05) is 11.3 Å². The molecule has 16 heavy (non-hydrogen) atoms. The summed E-state index contributed by atoms with van der Waals surface area (Å²) in [6.45, 7) is 0.345. The topological polar surface area (TPSA) is 80.9 Å². The molecule has 0 radical (unpaired) electrons. The third-order valence-electron chi connectivity index (χ3n) is 1.52. The van der Waals surface area contributed by atoms with Crippen LogP contribution in [0.2, 0.25) is 0 Å². The highest BCUT2D eigenvalue weighted by atomic mass is 32.1. The zero-order valence-electron chi connectivity index (χ0n) is 8.04. The van der Waals surface area contributed by atoms with Crippen molar-refractivity contribution < 1.29 is 18.0 Å². The monoisotopic (exact) mass is 254 g/mol. The third kappa shape index (κ3) is 3.74. The van der Waals surface area contributed by atoms with Gasteiger partial charge in [0.25, 0.3) is 0 Å². The second-order valence-corrected chi connectivity index (χ2v) is 3.83. The minimum absolute atomic E-state index is 0.150. The van der Waals surface area contributed by atoms with E-state index in [0.717, 1.165) is 0 Å². The Kier molecular flexibility index (Phi) is 4.19. The van der Waals surface area contributed by atoms with Gasteiger partial charge in [-0.15, -0.1) is 10.2 Å². The largest absolute Gasteiger partial charge is 0.445 e. The lowest BCUT2D eigenvalue weighted by atomic mass is 10.3. The second-order valence-electron chi connectivity index (χ2n) is 2.85. The molecule has 3 N–H and O–H groups in total. The molecule has 0 fully saturated rings. The average molecular weight is 254 g/mol. The van der Waals surface area contributed by atoms with Crippen molar-refractivity contribution in [3.63, 3.8) is 0 Å². The lowest BCUT2D eigenvalue weighted by Crippen LogP contribution is -2.13. The molecule has 0 saturated carbocycles. The molecule has 0 bridgehead atoms. The molecule has 1 aromatic heterocycles. The van der Waals surface area contributed by atoms with Gasteiger partial charge in [0.1, 0.15) is 0 Å². The van der Waals surface area contributed by atoms with Crippen LogP contribution in [0, 0.1) is 0 Å². The average Bonchev–Trinajstić information content (AvgIpc) is 2.62. The van der Waals surface area contributed by atoms with Crippen LogP contribution < -0.4 is 11.1 Å². The summed E-state index contributed by atoms with van der Waals surface area (Å²) in [6.07, 6.45) is -3.91. The van der Waals surface area contributed by atoms with E-state index in [1.807, 2.05) is 0 Å². The molecule has 0 aromatic carbocycles. The van der Waals surface area contributed by atoms with Gasteiger partial charge in [-0.25, -0.2) is 0 Å². The van der Waals surface area contributed by atoms with E-state index >= 15 is 0 Å². The number of carbonyl (C=O) groups excluding carboxylic acids is 1. The molecule has 1 aromatic rings. The summed E-state index contributed by atoms with van der Waals surface area (Å²) in [6, 6.07) is 0. The molecular weight excluding hydrogens is 245 g/mol. The number of rotatable bonds is 4. The predicted molar refractivity (Wildman–Crippen MR) is 51.8 cm³/mol. The van der Waals surface area contributed by atoms with E-state index in [4.69, 9.17) is 5.73 Å². The number of anilines is 1. The Morgan fingerprint density at radius 2 is 2.12 bits per heavy atom. The van der Waals surface area contributed by atoms with Gasteiger partial charge in [0.05, 0.1) is 0 Å². The first-order chi connectivity index (χ1) is 7.43. The van der Waals surface area contributed by atoms with Crippen LogP contribution in [0.15, 0.2) is 0 Å².